The number of methoxy groups -OCH3 is 1. The zero-order valence-corrected chi connectivity index (χ0v) is 20.6. The second-order valence-electron chi connectivity index (χ2n) is 9.73. The van der Waals surface area contributed by atoms with Crippen molar-refractivity contribution >= 4 is 0 Å². The van der Waals surface area contributed by atoms with Gasteiger partial charge in [0.15, 0.2) is 0 Å². The molecule has 0 spiro atoms. The van der Waals surface area contributed by atoms with E-state index in [0.29, 0.717) is 17.9 Å². The second kappa shape index (κ2) is 11.0. The predicted octanol–water partition coefficient (Wildman–Crippen LogP) is 6.31. The van der Waals surface area contributed by atoms with Gasteiger partial charge < -0.3 is 10.1 Å². The summed E-state index contributed by atoms with van der Waals surface area (Å²) in [6.45, 7) is 10.8. The van der Waals surface area contributed by atoms with Gasteiger partial charge in [0.05, 0.1) is 7.11 Å². The van der Waals surface area contributed by atoms with E-state index >= 15 is 0 Å². The van der Waals surface area contributed by atoms with Gasteiger partial charge in [-0.3, -0.25) is 4.90 Å². The molecule has 1 aliphatic heterocycles. The fourth-order valence-electron chi connectivity index (χ4n) is 4.91. The lowest BCUT2D eigenvalue weighted by Gasteiger charge is -2.34. The number of nitrogens with zero attached hydrogens (tertiary/aromatic N) is 1. The largest absolute Gasteiger partial charge is 0.496 e. The maximum atomic E-state index is 5.66. The van der Waals surface area contributed by atoms with Crippen LogP contribution in [0.2, 0.25) is 0 Å². The van der Waals surface area contributed by atoms with Gasteiger partial charge in [-0.1, -0.05) is 87.5 Å². The highest BCUT2D eigenvalue weighted by atomic mass is 16.5. The van der Waals surface area contributed by atoms with Gasteiger partial charge in [-0.2, -0.15) is 0 Å². The Morgan fingerprint density at radius 1 is 0.939 bits per heavy atom. The summed E-state index contributed by atoms with van der Waals surface area (Å²) in [5, 5.41) is 3.72. The van der Waals surface area contributed by atoms with Crippen LogP contribution in [-0.2, 0) is 13.0 Å². The number of piperazine rings is 1. The third-order valence-corrected chi connectivity index (χ3v) is 6.88. The van der Waals surface area contributed by atoms with Crippen LogP contribution in [-0.4, -0.2) is 31.6 Å². The summed E-state index contributed by atoms with van der Waals surface area (Å²) in [6.07, 6.45) is 1.07. The fraction of sp³-hybridized carbons (Fsp3) is 0.400. The van der Waals surface area contributed by atoms with E-state index in [4.69, 9.17) is 4.74 Å². The Hall–Kier alpha value is -2.62. The van der Waals surface area contributed by atoms with Crippen molar-refractivity contribution in [1.29, 1.82) is 0 Å². The number of hydrogen-bond acceptors (Lipinski definition) is 3. The molecule has 0 saturated carbocycles. The molecule has 2 atom stereocenters. The molecule has 1 saturated heterocycles. The van der Waals surface area contributed by atoms with Crippen molar-refractivity contribution in [2.24, 2.45) is 0 Å². The van der Waals surface area contributed by atoms with Crippen molar-refractivity contribution in [3.8, 4) is 5.75 Å². The first kappa shape index (κ1) is 23.5. The van der Waals surface area contributed by atoms with Gasteiger partial charge in [-0.05, 0) is 52.1 Å². The molecular formula is C30H38N2O. The smallest absolute Gasteiger partial charge is 0.122 e. The van der Waals surface area contributed by atoms with E-state index in [2.05, 4.69) is 104 Å². The number of benzene rings is 3. The van der Waals surface area contributed by atoms with Crippen LogP contribution in [0.25, 0.3) is 0 Å². The maximum absolute atomic E-state index is 5.66. The van der Waals surface area contributed by atoms with E-state index in [1.54, 1.807) is 7.11 Å². The van der Waals surface area contributed by atoms with E-state index in [9.17, 15) is 0 Å². The lowest BCUT2D eigenvalue weighted by molar-refractivity contribution is 0.193. The second-order valence-corrected chi connectivity index (χ2v) is 9.73. The van der Waals surface area contributed by atoms with Crippen molar-refractivity contribution in [3.05, 3.63) is 101 Å². The zero-order valence-electron chi connectivity index (χ0n) is 20.6. The number of nitrogens with one attached hydrogen (secondary N) is 1. The number of ether oxygens (including phenoxy) is 1. The van der Waals surface area contributed by atoms with Crippen molar-refractivity contribution < 1.29 is 4.74 Å². The molecule has 0 amide bonds. The van der Waals surface area contributed by atoms with Crippen LogP contribution in [0, 0.1) is 0 Å². The Morgan fingerprint density at radius 3 is 2.36 bits per heavy atom. The molecule has 1 unspecified atom stereocenters. The van der Waals surface area contributed by atoms with Crippen LogP contribution in [0.3, 0.4) is 0 Å². The summed E-state index contributed by atoms with van der Waals surface area (Å²) in [7, 11) is 1.77. The summed E-state index contributed by atoms with van der Waals surface area (Å²) >= 11 is 0. The number of hydrogen-bond donors (Lipinski definition) is 1. The highest BCUT2D eigenvalue weighted by Gasteiger charge is 2.21. The van der Waals surface area contributed by atoms with E-state index in [-0.39, 0.29) is 0 Å². The molecule has 3 heteroatoms. The molecule has 0 aromatic heterocycles. The van der Waals surface area contributed by atoms with Crippen LogP contribution in [0.15, 0.2) is 72.8 Å². The first-order valence-corrected chi connectivity index (χ1v) is 12.3. The first-order valence-electron chi connectivity index (χ1n) is 12.3. The lowest BCUT2D eigenvalue weighted by atomic mass is 9.92. The van der Waals surface area contributed by atoms with Gasteiger partial charge in [0.2, 0.25) is 0 Å². The molecule has 3 aromatic rings. The number of rotatable bonds is 8. The molecule has 1 N–H and O–H groups in total. The Morgan fingerprint density at radius 2 is 1.67 bits per heavy atom. The first-order chi connectivity index (χ1) is 16.0. The van der Waals surface area contributed by atoms with E-state index < -0.39 is 0 Å². The Bertz CT molecular complexity index is 1010. The molecule has 1 heterocycles. The zero-order chi connectivity index (χ0) is 23.2. The molecule has 174 valence electrons. The van der Waals surface area contributed by atoms with Crippen LogP contribution >= 0.6 is 0 Å². The summed E-state index contributed by atoms with van der Waals surface area (Å²) in [5.74, 6) is 2.00. The maximum Gasteiger partial charge on any atom is 0.122 e. The molecule has 0 aliphatic carbocycles. The Labute approximate surface area is 199 Å². The summed E-state index contributed by atoms with van der Waals surface area (Å²) in [6, 6.07) is 27.1. The highest BCUT2D eigenvalue weighted by molar-refractivity contribution is 5.39. The molecule has 33 heavy (non-hydrogen) atoms. The molecule has 0 radical (unpaired) electrons. The van der Waals surface area contributed by atoms with E-state index in [1.807, 2.05) is 0 Å². The minimum absolute atomic E-state index is 0.371. The van der Waals surface area contributed by atoms with Gasteiger partial charge in [-0.25, -0.2) is 0 Å². The molecule has 1 aliphatic rings. The van der Waals surface area contributed by atoms with Crippen LogP contribution in [0.4, 0.5) is 0 Å². The quantitative estimate of drug-likeness (QED) is 0.442. The van der Waals surface area contributed by atoms with Crippen molar-refractivity contribution in [2.75, 3.05) is 26.7 Å². The third-order valence-electron chi connectivity index (χ3n) is 6.88. The summed E-state index contributed by atoms with van der Waals surface area (Å²) in [4.78, 5) is 2.55. The molecule has 1 fully saturated rings. The van der Waals surface area contributed by atoms with Gasteiger partial charge in [0.25, 0.3) is 0 Å². The van der Waals surface area contributed by atoms with Crippen molar-refractivity contribution in [1.82, 2.24) is 10.2 Å². The van der Waals surface area contributed by atoms with E-state index in [1.165, 1.54) is 27.8 Å². The summed E-state index contributed by atoms with van der Waals surface area (Å²) < 4.78 is 5.66. The lowest BCUT2D eigenvalue weighted by Crippen LogP contribution is -2.45. The van der Waals surface area contributed by atoms with Crippen LogP contribution in [0.1, 0.15) is 66.5 Å². The van der Waals surface area contributed by atoms with Crippen LogP contribution in [0.5, 0.6) is 5.75 Å². The van der Waals surface area contributed by atoms with Gasteiger partial charge >= 0.3 is 0 Å². The Balaban J connectivity index is 1.37. The third kappa shape index (κ3) is 6.04. The minimum Gasteiger partial charge on any atom is -0.496 e. The predicted molar refractivity (Wildman–Crippen MR) is 138 cm³/mol. The van der Waals surface area contributed by atoms with Gasteiger partial charge in [0, 0.05) is 32.2 Å². The molecular weight excluding hydrogens is 404 g/mol. The standard InChI is InChI=1S/C30H38N2O/c1-22(2)28-15-12-25(19-30(28)33-4)20-32-17-16-31-29(21-32)27-13-10-24(11-14-27)18-23(3)26-8-6-5-7-9-26/h5-15,19,22-23,29,31H,16-18,20-21H2,1-4H3/t23?,29-/m0/s1. The highest BCUT2D eigenvalue weighted by Crippen LogP contribution is 2.28. The topological polar surface area (TPSA) is 24.5 Å². The van der Waals surface area contributed by atoms with Crippen LogP contribution < -0.4 is 10.1 Å². The average molecular weight is 443 g/mol. The SMILES string of the molecule is COc1cc(CN2CCN[C@H](c3ccc(CC(C)c4ccccc4)cc3)C2)ccc1C(C)C. The fourth-order valence-corrected chi connectivity index (χ4v) is 4.91. The van der Waals surface area contributed by atoms with Crippen molar-refractivity contribution in [3.63, 3.8) is 0 Å². The van der Waals surface area contributed by atoms with Gasteiger partial charge in [-0.15, -0.1) is 0 Å². The minimum atomic E-state index is 0.371. The average Bonchev–Trinajstić information content (AvgIpc) is 2.85. The molecule has 3 aromatic carbocycles. The molecule has 3 nitrogen and oxygen atoms in total. The normalized spacial score (nSPS) is 17.8. The molecule has 0 bridgehead atoms. The van der Waals surface area contributed by atoms with Crippen molar-refractivity contribution in [2.45, 2.75) is 51.6 Å². The molecule has 4 rings (SSSR count). The van der Waals surface area contributed by atoms with Gasteiger partial charge in [0.1, 0.15) is 5.75 Å². The monoisotopic (exact) mass is 442 g/mol. The van der Waals surface area contributed by atoms with E-state index in [0.717, 1.165) is 38.3 Å². The summed E-state index contributed by atoms with van der Waals surface area (Å²) in [5.41, 5.74) is 6.79. The Kier molecular flexibility index (Phi) is 7.85.